The number of hydroxylamine groups is 1. The zero-order valence-corrected chi connectivity index (χ0v) is 17.4. The Morgan fingerprint density at radius 2 is 2.03 bits per heavy atom. The Kier molecular flexibility index (Phi) is 6.16. The maximum atomic E-state index is 11.1. The molecule has 0 bridgehead atoms. The first-order valence-corrected chi connectivity index (χ1v) is 10.3. The van der Waals surface area contributed by atoms with Crippen molar-refractivity contribution in [1.29, 1.82) is 0 Å². The van der Waals surface area contributed by atoms with Crippen LogP contribution in [0.25, 0.3) is 17.0 Å². The van der Waals surface area contributed by atoms with Gasteiger partial charge in [-0.05, 0) is 42.2 Å². The average molecular weight is 418 g/mol. The minimum absolute atomic E-state index is 0.245. The number of amides is 1. The van der Waals surface area contributed by atoms with Gasteiger partial charge in [0.1, 0.15) is 0 Å². The van der Waals surface area contributed by atoms with Crippen LogP contribution in [0.3, 0.4) is 0 Å². The van der Waals surface area contributed by atoms with Crippen LogP contribution in [0.1, 0.15) is 34.7 Å². The standard InChI is InChI=1S/C24H26N4O3/c1-16-24(21-4-2-3-5-22(21)25-16)19-12-20(26-30)15-28(14-19)13-18-8-6-17(7-9-18)10-11-23(29)27-31/h2-11,19,25,30-31H,12-15H2,1H3,(H,27,29). The summed E-state index contributed by atoms with van der Waals surface area (Å²) in [4.78, 5) is 16.9. The molecule has 1 fully saturated rings. The normalized spacial score (nSPS) is 18.8. The highest BCUT2D eigenvalue weighted by molar-refractivity contribution is 5.91. The SMILES string of the molecule is Cc1[nH]c2ccccc2c1C1CC(=NO)CN(Cc2ccc(C=CC(=O)NO)cc2)C1. The van der Waals surface area contributed by atoms with Crippen molar-refractivity contribution < 1.29 is 15.2 Å². The van der Waals surface area contributed by atoms with E-state index in [2.05, 4.69) is 40.2 Å². The number of fused-ring (bicyclic) bond motifs is 1. The lowest BCUT2D eigenvalue weighted by Crippen LogP contribution is -2.39. The van der Waals surface area contributed by atoms with Crippen LogP contribution in [0.15, 0.2) is 59.8 Å². The highest BCUT2D eigenvalue weighted by Gasteiger charge is 2.28. The van der Waals surface area contributed by atoms with E-state index in [9.17, 15) is 10.0 Å². The Bertz CT molecular complexity index is 1130. The van der Waals surface area contributed by atoms with E-state index in [1.807, 2.05) is 30.3 Å². The molecule has 1 unspecified atom stereocenters. The number of para-hydroxylation sites is 1. The number of H-pyrrole nitrogens is 1. The van der Waals surface area contributed by atoms with Crippen LogP contribution in [0.4, 0.5) is 0 Å². The molecule has 0 spiro atoms. The Hall–Kier alpha value is -3.42. The number of nitrogens with zero attached hydrogens (tertiary/aromatic N) is 2. The smallest absolute Gasteiger partial charge is 0.267 e. The maximum absolute atomic E-state index is 11.1. The van der Waals surface area contributed by atoms with Gasteiger partial charge in [0.2, 0.25) is 0 Å². The fraction of sp³-hybridized carbons (Fsp3) is 0.250. The molecule has 1 aliphatic heterocycles. The van der Waals surface area contributed by atoms with Gasteiger partial charge in [-0.1, -0.05) is 47.6 Å². The van der Waals surface area contributed by atoms with Crippen LogP contribution in [0.2, 0.25) is 0 Å². The zero-order valence-electron chi connectivity index (χ0n) is 17.4. The predicted octanol–water partition coefficient (Wildman–Crippen LogP) is 3.81. The molecule has 4 N–H and O–H groups in total. The first kappa shape index (κ1) is 20.8. The van der Waals surface area contributed by atoms with Crippen molar-refractivity contribution in [2.24, 2.45) is 5.16 Å². The molecule has 7 nitrogen and oxygen atoms in total. The summed E-state index contributed by atoms with van der Waals surface area (Å²) in [7, 11) is 0. The van der Waals surface area contributed by atoms with Gasteiger partial charge in [-0.25, -0.2) is 5.48 Å². The Balaban J connectivity index is 1.52. The molecule has 2 heterocycles. The monoisotopic (exact) mass is 418 g/mol. The number of carbonyl (C=O) groups is 1. The predicted molar refractivity (Wildman–Crippen MR) is 120 cm³/mol. The molecule has 0 radical (unpaired) electrons. The molecule has 4 rings (SSSR count). The summed E-state index contributed by atoms with van der Waals surface area (Å²) in [6.45, 7) is 4.35. The van der Waals surface area contributed by atoms with E-state index in [1.54, 1.807) is 11.6 Å². The van der Waals surface area contributed by atoms with Crippen molar-refractivity contribution in [1.82, 2.24) is 15.4 Å². The Labute approximate surface area is 180 Å². The number of piperidine rings is 1. The molecule has 31 heavy (non-hydrogen) atoms. The summed E-state index contributed by atoms with van der Waals surface area (Å²) in [5.41, 5.74) is 7.96. The number of rotatable bonds is 5. The van der Waals surface area contributed by atoms with Gasteiger partial charge in [0.15, 0.2) is 0 Å². The van der Waals surface area contributed by atoms with E-state index in [1.165, 1.54) is 17.0 Å². The first-order chi connectivity index (χ1) is 15.1. The second-order valence-corrected chi connectivity index (χ2v) is 8.00. The molecule has 0 aliphatic carbocycles. The number of hydrogen-bond donors (Lipinski definition) is 4. The number of aryl methyl sites for hydroxylation is 1. The molecule has 7 heteroatoms. The van der Waals surface area contributed by atoms with Gasteiger partial charge in [0.25, 0.3) is 5.91 Å². The van der Waals surface area contributed by atoms with Crippen molar-refractivity contribution in [2.45, 2.75) is 25.8 Å². The van der Waals surface area contributed by atoms with Gasteiger partial charge in [-0.15, -0.1) is 0 Å². The minimum Gasteiger partial charge on any atom is -0.411 e. The third kappa shape index (κ3) is 4.68. The van der Waals surface area contributed by atoms with Gasteiger partial charge in [-0.2, -0.15) is 0 Å². The van der Waals surface area contributed by atoms with E-state index < -0.39 is 5.91 Å². The van der Waals surface area contributed by atoms with Crippen molar-refractivity contribution in [3.05, 3.63) is 77.0 Å². The first-order valence-electron chi connectivity index (χ1n) is 10.3. The third-order valence-corrected chi connectivity index (χ3v) is 5.78. The molecule has 3 aromatic rings. The highest BCUT2D eigenvalue weighted by atomic mass is 16.5. The number of aromatic nitrogens is 1. The highest BCUT2D eigenvalue weighted by Crippen LogP contribution is 2.34. The number of nitrogens with one attached hydrogen (secondary N) is 2. The van der Waals surface area contributed by atoms with Gasteiger partial charge in [0, 0.05) is 48.2 Å². The van der Waals surface area contributed by atoms with E-state index >= 15 is 0 Å². The second kappa shape index (κ2) is 9.16. The number of carbonyl (C=O) groups excluding carboxylic acids is 1. The van der Waals surface area contributed by atoms with E-state index in [-0.39, 0.29) is 5.92 Å². The van der Waals surface area contributed by atoms with Crippen LogP contribution in [0.5, 0.6) is 0 Å². The number of oxime groups is 1. The molecule has 1 aliphatic rings. The lowest BCUT2D eigenvalue weighted by Gasteiger charge is -2.33. The van der Waals surface area contributed by atoms with Crippen molar-refractivity contribution in [2.75, 3.05) is 13.1 Å². The van der Waals surface area contributed by atoms with Crippen LogP contribution >= 0.6 is 0 Å². The average Bonchev–Trinajstić information content (AvgIpc) is 3.13. The van der Waals surface area contributed by atoms with Gasteiger partial charge in [0.05, 0.1) is 5.71 Å². The quantitative estimate of drug-likeness (QED) is 0.219. The summed E-state index contributed by atoms with van der Waals surface area (Å²) in [6, 6.07) is 16.2. The molecule has 1 amide bonds. The maximum Gasteiger partial charge on any atom is 0.267 e. The van der Waals surface area contributed by atoms with Crippen LogP contribution in [0, 0.1) is 6.92 Å². The fourth-order valence-corrected chi connectivity index (χ4v) is 4.46. The van der Waals surface area contributed by atoms with E-state index in [0.29, 0.717) is 6.54 Å². The van der Waals surface area contributed by atoms with Crippen molar-refractivity contribution in [3.63, 3.8) is 0 Å². The van der Waals surface area contributed by atoms with Gasteiger partial charge < -0.3 is 10.2 Å². The molecular formula is C24H26N4O3. The third-order valence-electron chi connectivity index (χ3n) is 5.78. The van der Waals surface area contributed by atoms with Crippen molar-refractivity contribution in [3.8, 4) is 0 Å². The molecule has 1 atom stereocenters. The molecule has 1 aromatic heterocycles. The minimum atomic E-state index is -0.563. The largest absolute Gasteiger partial charge is 0.411 e. The summed E-state index contributed by atoms with van der Waals surface area (Å²) in [5, 5.41) is 22.9. The van der Waals surface area contributed by atoms with Crippen LogP contribution < -0.4 is 5.48 Å². The molecule has 0 saturated carbocycles. The second-order valence-electron chi connectivity index (χ2n) is 8.00. The number of aromatic amines is 1. The summed E-state index contributed by atoms with van der Waals surface area (Å²) >= 11 is 0. The van der Waals surface area contributed by atoms with Crippen molar-refractivity contribution >= 4 is 28.6 Å². The van der Waals surface area contributed by atoms with Gasteiger partial charge in [-0.3, -0.25) is 14.9 Å². The number of hydrogen-bond acceptors (Lipinski definition) is 5. The Morgan fingerprint density at radius 3 is 2.77 bits per heavy atom. The zero-order chi connectivity index (χ0) is 21.8. The number of benzene rings is 2. The molecule has 1 saturated heterocycles. The lowest BCUT2D eigenvalue weighted by atomic mass is 9.87. The van der Waals surface area contributed by atoms with Gasteiger partial charge >= 0.3 is 0 Å². The molecule has 160 valence electrons. The molecular weight excluding hydrogens is 392 g/mol. The summed E-state index contributed by atoms with van der Waals surface area (Å²) in [5.74, 6) is -0.318. The van der Waals surface area contributed by atoms with Crippen LogP contribution in [-0.2, 0) is 11.3 Å². The molecule has 2 aromatic carbocycles. The Morgan fingerprint density at radius 1 is 1.26 bits per heavy atom. The van der Waals surface area contributed by atoms with E-state index in [0.717, 1.165) is 47.6 Å². The summed E-state index contributed by atoms with van der Waals surface area (Å²) in [6.07, 6.45) is 3.66. The number of likely N-dealkylation sites (tertiary alicyclic amines) is 1. The van der Waals surface area contributed by atoms with Crippen LogP contribution in [-0.4, -0.2) is 45.0 Å². The topological polar surface area (TPSA) is 101 Å². The van der Waals surface area contributed by atoms with E-state index in [4.69, 9.17) is 5.21 Å². The summed E-state index contributed by atoms with van der Waals surface area (Å²) < 4.78 is 0. The lowest BCUT2D eigenvalue weighted by molar-refractivity contribution is -0.124. The fourth-order valence-electron chi connectivity index (χ4n) is 4.46.